The van der Waals surface area contributed by atoms with Crippen LogP contribution in [0.15, 0.2) is 36.9 Å². The number of amides is 1. The lowest BCUT2D eigenvalue weighted by molar-refractivity contribution is -0.126. The molecule has 4 nitrogen and oxygen atoms in total. The Kier molecular flexibility index (Phi) is 7.83. The van der Waals surface area contributed by atoms with Gasteiger partial charge in [-0.15, -0.1) is 19.0 Å². The van der Waals surface area contributed by atoms with Gasteiger partial charge in [0.15, 0.2) is 0 Å². The average molecular weight is 271 g/mol. The van der Waals surface area contributed by atoms with Gasteiger partial charge in [-0.25, -0.2) is 0 Å². The number of nitrogens with one attached hydrogen (secondary N) is 1. The summed E-state index contributed by atoms with van der Waals surface area (Å²) in [6.07, 6.45) is 1.97. The summed E-state index contributed by atoms with van der Waals surface area (Å²) < 4.78 is 5.33. The van der Waals surface area contributed by atoms with Crippen LogP contribution in [0.25, 0.3) is 0 Å². The number of para-hydroxylation sites is 2. The molecule has 5 heteroatoms. The lowest BCUT2D eigenvalue weighted by atomic mass is 10.2. The van der Waals surface area contributed by atoms with E-state index in [0.29, 0.717) is 18.0 Å². The van der Waals surface area contributed by atoms with Crippen molar-refractivity contribution >= 4 is 29.7 Å². The van der Waals surface area contributed by atoms with Crippen molar-refractivity contribution in [3.8, 4) is 0 Å². The Morgan fingerprint density at radius 2 is 2.22 bits per heavy atom. The van der Waals surface area contributed by atoms with Crippen molar-refractivity contribution in [2.24, 2.45) is 0 Å². The first-order valence-electron chi connectivity index (χ1n) is 5.53. The molecular weight excluding hydrogens is 252 g/mol. The van der Waals surface area contributed by atoms with Crippen LogP contribution in [-0.2, 0) is 9.53 Å². The van der Waals surface area contributed by atoms with Gasteiger partial charge in [0.1, 0.15) is 6.10 Å². The molecule has 1 rings (SSSR count). The Morgan fingerprint density at radius 1 is 1.56 bits per heavy atom. The van der Waals surface area contributed by atoms with Gasteiger partial charge in [-0.05, 0) is 25.5 Å². The first-order valence-corrected chi connectivity index (χ1v) is 5.53. The van der Waals surface area contributed by atoms with Crippen molar-refractivity contribution in [3.05, 3.63) is 36.9 Å². The van der Waals surface area contributed by atoms with E-state index in [1.54, 1.807) is 25.1 Å². The Hall–Kier alpha value is -1.52. The summed E-state index contributed by atoms with van der Waals surface area (Å²) in [5.74, 6) is -0.202. The zero-order chi connectivity index (χ0) is 12.7. The SMILES string of the molecule is C=CCCOC(C)C(=O)Nc1ccccc1N.Cl. The highest BCUT2D eigenvalue weighted by Gasteiger charge is 2.13. The smallest absolute Gasteiger partial charge is 0.253 e. The van der Waals surface area contributed by atoms with Crippen molar-refractivity contribution in [2.75, 3.05) is 17.7 Å². The molecule has 3 N–H and O–H groups in total. The molecule has 0 fully saturated rings. The van der Waals surface area contributed by atoms with Crippen molar-refractivity contribution < 1.29 is 9.53 Å². The molecule has 1 aromatic carbocycles. The molecule has 0 saturated carbocycles. The van der Waals surface area contributed by atoms with E-state index >= 15 is 0 Å². The van der Waals surface area contributed by atoms with E-state index in [-0.39, 0.29) is 18.3 Å². The molecule has 1 atom stereocenters. The number of carbonyl (C=O) groups is 1. The number of halogens is 1. The predicted molar refractivity (Wildman–Crippen MR) is 77.0 cm³/mol. The molecule has 0 aromatic heterocycles. The second-order valence-corrected chi connectivity index (χ2v) is 3.67. The third kappa shape index (κ3) is 5.21. The minimum absolute atomic E-state index is 0. The monoisotopic (exact) mass is 270 g/mol. The standard InChI is InChI=1S/C13H18N2O2.ClH/c1-3-4-9-17-10(2)13(16)15-12-8-6-5-7-11(12)14;/h3,5-8,10H,1,4,9,14H2,2H3,(H,15,16);1H. The van der Waals surface area contributed by atoms with Crippen molar-refractivity contribution in [3.63, 3.8) is 0 Å². The van der Waals surface area contributed by atoms with E-state index < -0.39 is 6.10 Å². The Bertz CT molecular complexity index is 396. The minimum atomic E-state index is -0.505. The average Bonchev–Trinajstić information content (AvgIpc) is 2.32. The summed E-state index contributed by atoms with van der Waals surface area (Å²) in [5.41, 5.74) is 6.87. The summed E-state index contributed by atoms with van der Waals surface area (Å²) >= 11 is 0. The summed E-state index contributed by atoms with van der Waals surface area (Å²) in [7, 11) is 0. The Morgan fingerprint density at radius 3 is 2.83 bits per heavy atom. The highest BCUT2D eigenvalue weighted by molar-refractivity contribution is 5.96. The number of benzene rings is 1. The molecule has 0 saturated heterocycles. The van der Waals surface area contributed by atoms with E-state index in [9.17, 15) is 4.79 Å². The molecule has 0 aliphatic carbocycles. The van der Waals surface area contributed by atoms with Crippen LogP contribution < -0.4 is 11.1 Å². The van der Waals surface area contributed by atoms with Crippen LogP contribution in [-0.4, -0.2) is 18.6 Å². The zero-order valence-corrected chi connectivity index (χ0v) is 11.2. The number of anilines is 2. The Labute approximate surface area is 114 Å². The maximum Gasteiger partial charge on any atom is 0.253 e. The predicted octanol–water partition coefficient (Wildman–Crippen LogP) is 2.61. The summed E-state index contributed by atoms with van der Waals surface area (Å²) in [5, 5.41) is 2.72. The molecule has 0 bridgehead atoms. The fraction of sp³-hybridized carbons (Fsp3) is 0.308. The molecule has 1 amide bonds. The van der Waals surface area contributed by atoms with Crippen LogP contribution in [0.3, 0.4) is 0 Å². The molecular formula is C13H19ClN2O2. The van der Waals surface area contributed by atoms with Crippen LogP contribution >= 0.6 is 12.4 Å². The first kappa shape index (κ1) is 16.5. The lowest BCUT2D eigenvalue weighted by Crippen LogP contribution is -2.28. The minimum Gasteiger partial charge on any atom is -0.397 e. The molecule has 0 radical (unpaired) electrons. The molecule has 0 spiro atoms. The number of nitrogens with two attached hydrogens (primary N) is 1. The van der Waals surface area contributed by atoms with Crippen LogP contribution in [0.2, 0.25) is 0 Å². The maximum absolute atomic E-state index is 11.7. The second-order valence-electron chi connectivity index (χ2n) is 3.67. The maximum atomic E-state index is 11.7. The van der Waals surface area contributed by atoms with Gasteiger partial charge >= 0.3 is 0 Å². The van der Waals surface area contributed by atoms with Gasteiger partial charge in [-0.2, -0.15) is 0 Å². The van der Waals surface area contributed by atoms with Crippen LogP contribution in [0, 0.1) is 0 Å². The number of rotatable bonds is 6. The zero-order valence-electron chi connectivity index (χ0n) is 10.4. The fourth-order valence-corrected chi connectivity index (χ4v) is 1.25. The summed E-state index contributed by atoms with van der Waals surface area (Å²) in [4.78, 5) is 11.7. The third-order valence-corrected chi connectivity index (χ3v) is 2.28. The number of hydrogen-bond acceptors (Lipinski definition) is 3. The highest BCUT2D eigenvalue weighted by atomic mass is 35.5. The molecule has 0 aliphatic heterocycles. The van der Waals surface area contributed by atoms with Gasteiger partial charge in [0.25, 0.3) is 5.91 Å². The van der Waals surface area contributed by atoms with Gasteiger partial charge in [0.2, 0.25) is 0 Å². The number of carbonyl (C=O) groups excluding carboxylic acids is 1. The topological polar surface area (TPSA) is 64.3 Å². The van der Waals surface area contributed by atoms with Crippen LogP contribution in [0.1, 0.15) is 13.3 Å². The quantitative estimate of drug-likeness (QED) is 0.474. The molecule has 0 heterocycles. The van der Waals surface area contributed by atoms with E-state index in [2.05, 4.69) is 11.9 Å². The van der Waals surface area contributed by atoms with E-state index in [1.807, 2.05) is 12.1 Å². The largest absolute Gasteiger partial charge is 0.397 e. The van der Waals surface area contributed by atoms with Gasteiger partial charge in [0, 0.05) is 0 Å². The fourth-order valence-electron chi connectivity index (χ4n) is 1.25. The van der Waals surface area contributed by atoms with Crippen molar-refractivity contribution in [2.45, 2.75) is 19.4 Å². The molecule has 100 valence electrons. The van der Waals surface area contributed by atoms with E-state index in [4.69, 9.17) is 10.5 Å². The van der Waals surface area contributed by atoms with Gasteiger partial charge in [-0.1, -0.05) is 18.2 Å². The third-order valence-electron chi connectivity index (χ3n) is 2.28. The van der Waals surface area contributed by atoms with Crippen LogP contribution in [0.5, 0.6) is 0 Å². The normalized spacial score (nSPS) is 11.2. The van der Waals surface area contributed by atoms with E-state index in [0.717, 1.165) is 6.42 Å². The first-order chi connectivity index (χ1) is 8.15. The molecule has 1 unspecified atom stereocenters. The van der Waals surface area contributed by atoms with Crippen LogP contribution in [0.4, 0.5) is 11.4 Å². The number of nitrogen functional groups attached to an aromatic ring is 1. The van der Waals surface area contributed by atoms with E-state index in [1.165, 1.54) is 0 Å². The molecule has 18 heavy (non-hydrogen) atoms. The molecule has 1 aromatic rings. The summed E-state index contributed by atoms with van der Waals surface area (Å²) in [6, 6.07) is 7.12. The van der Waals surface area contributed by atoms with Crippen molar-refractivity contribution in [1.82, 2.24) is 0 Å². The van der Waals surface area contributed by atoms with Gasteiger partial charge < -0.3 is 15.8 Å². The molecule has 0 aliphatic rings. The van der Waals surface area contributed by atoms with Gasteiger partial charge in [-0.3, -0.25) is 4.79 Å². The summed E-state index contributed by atoms with van der Waals surface area (Å²) in [6.45, 7) is 5.78. The Balaban J connectivity index is 0.00000289. The second kappa shape index (κ2) is 8.55. The number of ether oxygens (including phenoxy) is 1. The van der Waals surface area contributed by atoms with Crippen molar-refractivity contribution in [1.29, 1.82) is 0 Å². The number of hydrogen-bond donors (Lipinski definition) is 2. The van der Waals surface area contributed by atoms with Gasteiger partial charge in [0.05, 0.1) is 18.0 Å². The highest BCUT2D eigenvalue weighted by Crippen LogP contribution is 2.17. The lowest BCUT2D eigenvalue weighted by Gasteiger charge is -2.13.